The van der Waals surface area contributed by atoms with Gasteiger partial charge >= 0.3 is 6.18 Å². The summed E-state index contributed by atoms with van der Waals surface area (Å²) in [6, 6.07) is 7.43. The Morgan fingerprint density at radius 1 is 1.19 bits per heavy atom. The summed E-state index contributed by atoms with van der Waals surface area (Å²) in [5.41, 5.74) is 2.96. The number of fused-ring (bicyclic) bond motifs is 1. The molecule has 0 aliphatic carbocycles. The third-order valence-corrected chi connectivity index (χ3v) is 5.51. The van der Waals surface area contributed by atoms with Crippen molar-refractivity contribution < 1.29 is 27.2 Å². The van der Waals surface area contributed by atoms with Gasteiger partial charge in [0, 0.05) is 37.1 Å². The van der Waals surface area contributed by atoms with Gasteiger partial charge in [-0.3, -0.25) is 14.6 Å². The van der Waals surface area contributed by atoms with Crippen LogP contribution in [0.3, 0.4) is 0 Å². The number of nitrogens with one attached hydrogen (secondary N) is 1. The number of furan rings is 1. The number of carbonyl (C=O) groups excluding carboxylic acids is 2. The Balaban J connectivity index is 1.48. The molecular weight excluding hydrogens is 423 g/mol. The largest absolute Gasteiger partial charge is 0.459 e. The number of nitrogens with zero attached hydrogens (tertiary/aromatic N) is 2. The summed E-state index contributed by atoms with van der Waals surface area (Å²) in [5, 5.41) is 2.82. The van der Waals surface area contributed by atoms with Crippen molar-refractivity contribution in [2.24, 2.45) is 0 Å². The van der Waals surface area contributed by atoms with E-state index in [2.05, 4.69) is 10.3 Å². The number of hydrogen-bond acceptors (Lipinski definition) is 4. The molecule has 1 aliphatic heterocycles. The lowest BCUT2D eigenvalue weighted by molar-refractivity contribution is -0.137. The number of halogens is 3. The van der Waals surface area contributed by atoms with E-state index in [9.17, 15) is 22.8 Å². The van der Waals surface area contributed by atoms with Crippen molar-refractivity contribution in [2.45, 2.75) is 32.6 Å². The molecule has 1 aliphatic rings. The predicted molar refractivity (Wildman–Crippen MR) is 109 cm³/mol. The summed E-state index contributed by atoms with van der Waals surface area (Å²) in [4.78, 5) is 31.0. The summed E-state index contributed by atoms with van der Waals surface area (Å²) in [6.07, 6.45) is -0.766. The first-order chi connectivity index (χ1) is 15.2. The van der Waals surface area contributed by atoms with Gasteiger partial charge in [0.25, 0.3) is 11.8 Å². The molecule has 0 atom stereocenters. The first kappa shape index (κ1) is 21.6. The number of pyridine rings is 1. The quantitative estimate of drug-likeness (QED) is 0.658. The van der Waals surface area contributed by atoms with Crippen molar-refractivity contribution in [1.29, 1.82) is 0 Å². The fraction of sp³-hybridized carbons (Fsp3) is 0.261. The third-order valence-electron chi connectivity index (χ3n) is 5.51. The minimum absolute atomic E-state index is 0.201. The second kappa shape index (κ2) is 8.49. The molecule has 32 heavy (non-hydrogen) atoms. The van der Waals surface area contributed by atoms with E-state index < -0.39 is 11.7 Å². The number of aromatic nitrogens is 1. The number of amides is 2. The zero-order valence-electron chi connectivity index (χ0n) is 17.2. The van der Waals surface area contributed by atoms with Gasteiger partial charge in [-0.25, -0.2) is 0 Å². The highest BCUT2D eigenvalue weighted by Gasteiger charge is 2.31. The number of benzene rings is 1. The van der Waals surface area contributed by atoms with Gasteiger partial charge in [-0.15, -0.1) is 0 Å². The predicted octanol–water partition coefficient (Wildman–Crippen LogP) is 4.13. The molecule has 0 fully saturated rings. The zero-order chi connectivity index (χ0) is 22.9. The van der Waals surface area contributed by atoms with E-state index in [0.29, 0.717) is 19.5 Å². The van der Waals surface area contributed by atoms with Crippen molar-refractivity contribution >= 4 is 11.8 Å². The van der Waals surface area contributed by atoms with Gasteiger partial charge in [0.15, 0.2) is 5.76 Å². The lowest BCUT2D eigenvalue weighted by atomic mass is 9.94. The molecule has 166 valence electrons. The molecule has 0 bridgehead atoms. The van der Waals surface area contributed by atoms with Crippen molar-refractivity contribution in [3.05, 3.63) is 88.1 Å². The van der Waals surface area contributed by atoms with Crippen LogP contribution in [0.25, 0.3) is 0 Å². The Hall–Kier alpha value is -3.62. The number of carbonyl (C=O) groups is 2. The summed E-state index contributed by atoms with van der Waals surface area (Å²) in [6.45, 7) is 2.83. The number of aryl methyl sites for hydroxylation is 1. The Kier molecular flexibility index (Phi) is 5.73. The first-order valence-corrected chi connectivity index (χ1v) is 9.98. The summed E-state index contributed by atoms with van der Waals surface area (Å²) >= 11 is 0. The van der Waals surface area contributed by atoms with Crippen LogP contribution in [0.4, 0.5) is 13.2 Å². The standard InChI is InChI=1S/C23H20F3N3O3/c1-14-19(12-28-21(30)20-3-2-10-32-20)18-8-9-29(13-16(18)11-27-14)22(31)15-4-6-17(7-5-15)23(24,25)26/h2-7,10-11H,8-9,12-13H2,1H3,(H,28,30). The molecule has 1 N–H and O–H groups in total. The van der Waals surface area contributed by atoms with E-state index in [1.807, 2.05) is 6.92 Å². The normalized spacial score (nSPS) is 13.6. The average molecular weight is 443 g/mol. The molecule has 0 unspecified atom stereocenters. The summed E-state index contributed by atoms with van der Waals surface area (Å²) in [7, 11) is 0. The van der Waals surface area contributed by atoms with Gasteiger partial charge in [-0.1, -0.05) is 0 Å². The third kappa shape index (κ3) is 4.37. The zero-order valence-corrected chi connectivity index (χ0v) is 17.2. The van der Waals surface area contributed by atoms with Crippen LogP contribution in [0.5, 0.6) is 0 Å². The van der Waals surface area contributed by atoms with Gasteiger partial charge < -0.3 is 14.6 Å². The van der Waals surface area contributed by atoms with Crippen LogP contribution in [0, 0.1) is 6.92 Å². The van der Waals surface area contributed by atoms with Crippen LogP contribution >= 0.6 is 0 Å². The minimum atomic E-state index is -4.45. The van der Waals surface area contributed by atoms with Gasteiger partial charge in [-0.2, -0.15) is 13.2 Å². The average Bonchev–Trinajstić information content (AvgIpc) is 3.32. The van der Waals surface area contributed by atoms with Crippen molar-refractivity contribution in [3.8, 4) is 0 Å². The summed E-state index contributed by atoms with van der Waals surface area (Å²) < 4.78 is 43.4. The highest BCUT2D eigenvalue weighted by atomic mass is 19.4. The molecule has 2 aromatic heterocycles. The lowest BCUT2D eigenvalue weighted by Gasteiger charge is -2.30. The van der Waals surface area contributed by atoms with Gasteiger partial charge in [0.2, 0.25) is 0 Å². The SMILES string of the molecule is Cc1ncc2c(c1CNC(=O)c1ccco1)CCN(C(=O)c1ccc(C(F)(F)F)cc1)C2. The highest BCUT2D eigenvalue weighted by molar-refractivity contribution is 5.94. The Morgan fingerprint density at radius 2 is 1.94 bits per heavy atom. The Morgan fingerprint density at radius 3 is 2.59 bits per heavy atom. The van der Waals surface area contributed by atoms with E-state index in [-0.39, 0.29) is 29.7 Å². The van der Waals surface area contributed by atoms with E-state index >= 15 is 0 Å². The lowest BCUT2D eigenvalue weighted by Crippen LogP contribution is -2.37. The van der Waals surface area contributed by atoms with Gasteiger partial charge in [0.1, 0.15) is 0 Å². The minimum Gasteiger partial charge on any atom is -0.459 e. The van der Waals surface area contributed by atoms with Crippen LogP contribution in [0.1, 0.15) is 48.9 Å². The molecule has 1 aromatic carbocycles. The van der Waals surface area contributed by atoms with Crippen molar-refractivity contribution in [2.75, 3.05) is 6.54 Å². The van der Waals surface area contributed by atoms with Crippen LogP contribution < -0.4 is 5.32 Å². The van der Waals surface area contributed by atoms with Crippen molar-refractivity contribution in [3.63, 3.8) is 0 Å². The van der Waals surface area contributed by atoms with E-state index in [0.717, 1.165) is 34.5 Å². The molecule has 9 heteroatoms. The maximum atomic E-state index is 12.8. The fourth-order valence-electron chi connectivity index (χ4n) is 3.78. The second-order valence-electron chi connectivity index (χ2n) is 7.54. The van der Waals surface area contributed by atoms with E-state index in [1.165, 1.54) is 18.4 Å². The van der Waals surface area contributed by atoms with Gasteiger partial charge in [-0.05, 0) is 66.4 Å². The van der Waals surface area contributed by atoms with Crippen LogP contribution in [-0.4, -0.2) is 28.2 Å². The molecular formula is C23H20F3N3O3. The molecule has 2 amide bonds. The Labute approximate surface area is 182 Å². The number of hydrogen-bond donors (Lipinski definition) is 1. The van der Waals surface area contributed by atoms with E-state index in [4.69, 9.17) is 4.42 Å². The summed E-state index contributed by atoms with van der Waals surface area (Å²) in [5.74, 6) is -0.451. The Bertz CT molecular complexity index is 1140. The maximum Gasteiger partial charge on any atom is 0.416 e. The molecule has 3 aromatic rings. The van der Waals surface area contributed by atoms with Crippen LogP contribution in [-0.2, 0) is 25.7 Å². The smallest absolute Gasteiger partial charge is 0.416 e. The monoisotopic (exact) mass is 443 g/mol. The molecule has 4 rings (SSSR count). The highest BCUT2D eigenvalue weighted by Crippen LogP contribution is 2.30. The maximum absolute atomic E-state index is 12.8. The van der Waals surface area contributed by atoms with Crippen LogP contribution in [0.2, 0.25) is 0 Å². The number of rotatable bonds is 4. The van der Waals surface area contributed by atoms with Gasteiger partial charge in [0.05, 0.1) is 11.8 Å². The van der Waals surface area contributed by atoms with Crippen LogP contribution in [0.15, 0.2) is 53.3 Å². The topological polar surface area (TPSA) is 75.4 Å². The molecule has 0 saturated heterocycles. The molecule has 6 nitrogen and oxygen atoms in total. The second-order valence-corrected chi connectivity index (χ2v) is 7.54. The molecule has 3 heterocycles. The van der Waals surface area contributed by atoms with E-state index in [1.54, 1.807) is 23.2 Å². The first-order valence-electron chi connectivity index (χ1n) is 9.98. The molecule has 0 radical (unpaired) electrons. The molecule has 0 spiro atoms. The van der Waals surface area contributed by atoms with Crippen molar-refractivity contribution in [1.82, 2.24) is 15.2 Å². The fourth-order valence-corrected chi connectivity index (χ4v) is 3.78. The molecule has 0 saturated carbocycles. The number of alkyl halides is 3.